The molecule has 0 unspecified atom stereocenters. The summed E-state index contributed by atoms with van der Waals surface area (Å²) in [5.41, 5.74) is 0.861. The number of alkyl halides is 3. The Kier molecular flexibility index (Phi) is 6.65. The maximum atomic E-state index is 13.1. The minimum Gasteiger partial charge on any atom is -0.405 e. The SMILES string of the molecule is CN(Cc1ccccc1OC(F)(F)F)C(=O)c1ccccc1N(C)C(=O)c1cccs1. The van der Waals surface area contributed by atoms with E-state index in [1.54, 1.807) is 54.9 Å². The molecule has 3 aromatic rings. The Bertz CT molecular complexity index is 1070. The minimum atomic E-state index is -4.84. The Morgan fingerprint density at radius 3 is 2.29 bits per heavy atom. The molecule has 0 fully saturated rings. The summed E-state index contributed by atoms with van der Waals surface area (Å²) >= 11 is 1.29. The van der Waals surface area contributed by atoms with Crippen molar-refractivity contribution in [1.82, 2.24) is 4.90 Å². The summed E-state index contributed by atoms with van der Waals surface area (Å²) in [6, 6.07) is 15.7. The highest BCUT2D eigenvalue weighted by atomic mass is 32.1. The second-order valence-corrected chi connectivity index (χ2v) is 7.62. The Labute approximate surface area is 181 Å². The van der Waals surface area contributed by atoms with Crippen molar-refractivity contribution in [3.8, 4) is 5.75 Å². The molecule has 0 spiro atoms. The second kappa shape index (κ2) is 9.22. The highest BCUT2D eigenvalue weighted by Gasteiger charge is 2.32. The van der Waals surface area contributed by atoms with Crippen LogP contribution in [0, 0.1) is 0 Å². The first-order valence-electron chi connectivity index (χ1n) is 9.17. The number of halogens is 3. The summed E-state index contributed by atoms with van der Waals surface area (Å²) in [5.74, 6) is -1.07. The monoisotopic (exact) mass is 448 g/mol. The number of amides is 2. The van der Waals surface area contributed by atoms with Gasteiger partial charge in [-0.25, -0.2) is 0 Å². The average molecular weight is 448 g/mol. The van der Waals surface area contributed by atoms with Crippen molar-refractivity contribution in [3.05, 3.63) is 82.0 Å². The molecule has 0 aliphatic rings. The Morgan fingerprint density at radius 1 is 0.935 bits per heavy atom. The van der Waals surface area contributed by atoms with Crippen LogP contribution in [0.15, 0.2) is 66.0 Å². The molecule has 162 valence electrons. The Balaban J connectivity index is 1.84. The van der Waals surface area contributed by atoms with Gasteiger partial charge in [0.1, 0.15) is 5.75 Å². The van der Waals surface area contributed by atoms with Gasteiger partial charge in [0, 0.05) is 26.2 Å². The van der Waals surface area contributed by atoms with Crippen LogP contribution in [-0.2, 0) is 6.54 Å². The largest absolute Gasteiger partial charge is 0.573 e. The number of hydrogen-bond donors (Lipinski definition) is 0. The first-order chi connectivity index (χ1) is 14.7. The zero-order chi connectivity index (χ0) is 22.6. The summed E-state index contributed by atoms with van der Waals surface area (Å²) in [4.78, 5) is 29.0. The van der Waals surface area contributed by atoms with E-state index in [1.807, 2.05) is 0 Å². The van der Waals surface area contributed by atoms with Gasteiger partial charge < -0.3 is 14.5 Å². The highest BCUT2D eigenvalue weighted by molar-refractivity contribution is 7.12. The molecule has 0 saturated carbocycles. The molecule has 0 saturated heterocycles. The number of benzene rings is 2. The van der Waals surface area contributed by atoms with Gasteiger partial charge in [-0.15, -0.1) is 24.5 Å². The third-order valence-electron chi connectivity index (χ3n) is 4.48. The molecule has 31 heavy (non-hydrogen) atoms. The lowest BCUT2D eigenvalue weighted by Gasteiger charge is -2.24. The molecule has 2 aromatic carbocycles. The van der Waals surface area contributed by atoms with E-state index >= 15 is 0 Å². The van der Waals surface area contributed by atoms with E-state index in [9.17, 15) is 22.8 Å². The van der Waals surface area contributed by atoms with Gasteiger partial charge in [0.25, 0.3) is 11.8 Å². The maximum Gasteiger partial charge on any atom is 0.573 e. The van der Waals surface area contributed by atoms with E-state index in [0.717, 1.165) is 0 Å². The molecule has 0 N–H and O–H groups in total. The van der Waals surface area contributed by atoms with Crippen molar-refractivity contribution in [2.24, 2.45) is 0 Å². The van der Waals surface area contributed by atoms with Crippen LogP contribution < -0.4 is 9.64 Å². The van der Waals surface area contributed by atoms with E-state index in [1.165, 1.54) is 46.4 Å². The van der Waals surface area contributed by atoms with Gasteiger partial charge in [0.05, 0.1) is 16.1 Å². The van der Waals surface area contributed by atoms with E-state index in [4.69, 9.17) is 0 Å². The van der Waals surface area contributed by atoms with Crippen LogP contribution in [0.4, 0.5) is 18.9 Å². The van der Waals surface area contributed by atoms with E-state index < -0.39 is 12.3 Å². The summed E-state index contributed by atoms with van der Waals surface area (Å²) in [6.07, 6.45) is -4.84. The van der Waals surface area contributed by atoms with E-state index in [0.29, 0.717) is 10.6 Å². The van der Waals surface area contributed by atoms with Crippen molar-refractivity contribution in [3.63, 3.8) is 0 Å². The Morgan fingerprint density at radius 2 is 1.61 bits per heavy atom. The summed E-state index contributed by atoms with van der Waals surface area (Å²) in [5, 5.41) is 1.78. The number of nitrogens with zero attached hydrogens (tertiary/aromatic N) is 2. The predicted molar refractivity (Wildman–Crippen MR) is 112 cm³/mol. The molecular weight excluding hydrogens is 429 g/mol. The van der Waals surface area contributed by atoms with Gasteiger partial charge in [0.2, 0.25) is 0 Å². The van der Waals surface area contributed by atoms with Crippen molar-refractivity contribution in [2.45, 2.75) is 12.9 Å². The highest BCUT2D eigenvalue weighted by Crippen LogP contribution is 2.28. The van der Waals surface area contributed by atoms with Crippen LogP contribution in [0.5, 0.6) is 5.75 Å². The lowest BCUT2D eigenvalue weighted by Crippen LogP contribution is -2.31. The van der Waals surface area contributed by atoms with Crippen molar-refractivity contribution < 1.29 is 27.5 Å². The first kappa shape index (κ1) is 22.4. The number of para-hydroxylation sites is 2. The zero-order valence-corrected chi connectivity index (χ0v) is 17.5. The van der Waals surface area contributed by atoms with Gasteiger partial charge in [-0.3, -0.25) is 9.59 Å². The molecule has 1 aromatic heterocycles. The quantitative estimate of drug-likeness (QED) is 0.521. The van der Waals surface area contributed by atoms with Crippen molar-refractivity contribution in [2.75, 3.05) is 19.0 Å². The topological polar surface area (TPSA) is 49.9 Å². The van der Waals surface area contributed by atoms with Crippen molar-refractivity contribution >= 4 is 28.8 Å². The van der Waals surface area contributed by atoms with Gasteiger partial charge in [-0.2, -0.15) is 0 Å². The van der Waals surface area contributed by atoms with E-state index in [2.05, 4.69) is 4.74 Å². The van der Waals surface area contributed by atoms with Crippen LogP contribution >= 0.6 is 11.3 Å². The molecular formula is C22H19F3N2O3S. The summed E-state index contributed by atoms with van der Waals surface area (Å²) in [6.45, 7) is -0.109. The van der Waals surface area contributed by atoms with Crippen molar-refractivity contribution in [1.29, 1.82) is 0 Å². The molecule has 0 atom stereocenters. The standard InChI is InChI=1S/C22H19F3N2O3S/c1-26(14-15-8-3-6-11-18(15)30-22(23,24)25)20(28)16-9-4-5-10-17(16)27(2)21(29)19-12-7-13-31-19/h3-13H,14H2,1-2H3. The fourth-order valence-electron chi connectivity index (χ4n) is 3.01. The number of rotatable bonds is 6. The third kappa shape index (κ3) is 5.43. The number of thiophene rings is 1. The van der Waals surface area contributed by atoms with Crippen LogP contribution in [0.25, 0.3) is 0 Å². The number of carbonyl (C=O) groups excluding carboxylic acids is 2. The van der Waals surface area contributed by atoms with Crippen LogP contribution in [0.1, 0.15) is 25.6 Å². The van der Waals surface area contributed by atoms with Crippen LogP contribution in [0.3, 0.4) is 0 Å². The lowest BCUT2D eigenvalue weighted by atomic mass is 10.1. The minimum absolute atomic E-state index is 0.109. The summed E-state index contributed by atoms with van der Waals surface area (Å²) < 4.78 is 42.1. The molecule has 5 nitrogen and oxygen atoms in total. The number of carbonyl (C=O) groups is 2. The normalized spacial score (nSPS) is 11.1. The Hall–Kier alpha value is -3.33. The van der Waals surface area contributed by atoms with Gasteiger partial charge >= 0.3 is 6.36 Å². The predicted octanol–water partition coefficient (Wildman–Crippen LogP) is 5.20. The molecule has 2 amide bonds. The molecule has 1 heterocycles. The second-order valence-electron chi connectivity index (χ2n) is 6.68. The van der Waals surface area contributed by atoms with Crippen LogP contribution in [-0.4, -0.2) is 37.2 Å². The fourth-order valence-corrected chi connectivity index (χ4v) is 3.71. The lowest BCUT2D eigenvalue weighted by molar-refractivity contribution is -0.275. The fraction of sp³-hybridized carbons (Fsp3) is 0.182. The molecule has 0 radical (unpaired) electrons. The molecule has 0 aliphatic heterocycles. The third-order valence-corrected chi connectivity index (χ3v) is 5.34. The summed E-state index contributed by atoms with van der Waals surface area (Å²) in [7, 11) is 3.05. The van der Waals surface area contributed by atoms with Crippen LogP contribution in [0.2, 0.25) is 0 Å². The zero-order valence-electron chi connectivity index (χ0n) is 16.7. The molecule has 0 bridgehead atoms. The van der Waals surface area contributed by atoms with E-state index in [-0.39, 0.29) is 29.3 Å². The van der Waals surface area contributed by atoms with Gasteiger partial charge in [-0.1, -0.05) is 36.4 Å². The smallest absolute Gasteiger partial charge is 0.405 e. The van der Waals surface area contributed by atoms with Gasteiger partial charge in [-0.05, 0) is 29.6 Å². The maximum absolute atomic E-state index is 13.1. The number of hydrogen-bond acceptors (Lipinski definition) is 4. The molecule has 9 heteroatoms. The molecule has 3 rings (SSSR count). The number of anilines is 1. The van der Waals surface area contributed by atoms with Gasteiger partial charge in [0.15, 0.2) is 0 Å². The average Bonchev–Trinajstić information content (AvgIpc) is 3.27. The number of ether oxygens (including phenoxy) is 1. The first-order valence-corrected chi connectivity index (χ1v) is 10.0. The molecule has 0 aliphatic carbocycles.